The molecule has 0 radical (unpaired) electrons. The van der Waals surface area contributed by atoms with Gasteiger partial charge < -0.3 is 10.2 Å². The fourth-order valence-electron chi connectivity index (χ4n) is 7.53. The van der Waals surface area contributed by atoms with Crippen LogP contribution < -0.4 is 10.2 Å². The molecule has 0 unspecified atom stereocenters. The molecule has 1 amide bonds. The lowest BCUT2D eigenvalue weighted by molar-refractivity contribution is -0.121. The predicted octanol–water partition coefficient (Wildman–Crippen LogP) is 7.41. The average molecular weight is 585 g/mol. The number of benzene rings is 4. The van der Waals surface area contributed by atoms with E-state index in [1.54, 1.807) is 6.07 Å². The maximum Gasteiger partial charge on any atom is 0.238 e. The number of hydrogen-bond donors (Lipinski definition) is 1. The Hall–Kier alpha value is -4.84. The summed E-state index contributed by atoms with van der Waals surface area (Å²) in [5, 5.41) is 3.03. The molecule has 6 heteroatoms. The molecule has 4 atom stereocenters. The third-order valence-corrected chi connectivity index (χ3v) is 9.54. The molecule has 1 saturated heterocycles. The van der Waals surface area contributed by atoms with Gasteiger partial charge in [0, 0.05) is 16.9 Å². The van der Waals surface area contributed by atoms with Gasteiger partial charge >= 0.3 is 0 Å². The molecule has 0 saturated carbocycles. The van der Waals surface area contributed by atoms with Crippen molar-refractivity contribution in [1.82, 2.24) is 0 Å². The largest absolute Gasteiger partial charge is 0.352 e. The molecule has 1 N–H and O–H groups in total. The summed E-state index contributed by atoms with van der Waals surface area (Å²) in [6, 6.07) is 26.6. The lowest BCUT2D eigenvalue weighted by Gasteiger charge is -2.37. The van der Waals surface area contributed by atoms with Crippen molar-refractivity contribution in [3.8, 4) is 0 Å². The van der Waals surface area contributed by atoms with Crippen LogP contribution >= 0.6 is 0 Å². The summed E-state index contributed by atoms with van der Waals surface area (Å²) in [5.41, 5.74) is 2.91. The van der Waals surface area contributed by atoms with E-state index in [0.717, 1.165) is 42.5 Å². The summed E-state index contributed by atoms with van der Waals surface area (Å²) in [6.45, 7) is 2.16. The molecular weight excluding hydrogens is 551 g/mol. The SMILES string of the molecule is CCCCCc1ccc(C(=O)[C@@H]2[C@H](C(=O)c3ccccc3F)N3c4ccccc4C=C[C@H]3[C@@]23C(=O)Nc2ccccc23)cc1. The monoisotopic (exact) mass is 584 g/mol. The summed E-state index contributed by atoms with van der Waals surface area (Å²) in [5.74, 6) is -2.97. The zero-order valence-electron chi connectivity index (χ0n) is 24.5. The Morgan fingerprint density at radius 3 is 2.39 bits per heavy atom. The number of para-hydroxylation sites is 2. The minimum atomic E-state index is -1.43. The first-order chi connectivity index (χ1) is 21.5. The van der Waals surface area contributed by atoms with Crippen LogP contribution in [-0.4, -0.2) is 29.6 Å². The summed E-state index contributed by atoms with van der Waals surface area (Å²) in [7, 11) is 0. The molecule has 0 bridgehead atoms. The summed E-state index contributed by atoms with van der Waals surface area (Å²) >= 11 is 0. The average Bonchev–Trinajstić information content (AvgIpc) is 3.53. The molecule has 0 aromatic heterocycles. The fourth-order valence-corrected chi connectivity index (χ4v) is 7.53. The van der Waals surface area contributed by atoms with E-state index < -0.39 is 35.0 Å². The number of nitrogens with one attached hydrogen (secondary N) is 1. The van der Waals surface area contributed by atoms with Crippen LogP contribution in [0.1, 0.15) is 63.6 Å². The van der Waals surface area contributed by atoms with Crippen molar-refractivity contribution in [2.45, 2.75) is 50.1 Å². The molecule has 3 aliphatic rings. The van der Waals surface area contributed by atoms with Crippen molar-refractivity contribution in [3.63, 3.8) is 0 Å². The third-order valence-electron chi connectivity index (χ3n) is 9.54. The van der Waals surface area contributed by atoms with Crippen LogP contribution in [0.15, 0.2) is 103 Å². The van der Waals surface area contributed by atoms with Gasteiger partial charge in [0.25, 0.3) is 0 Å². The van der Waals surface area contributed by atoms with E-state index >= 15 is 4.39 Å². The van der Waals surface area contributed by atoms with Crippen molar-refractivity contribution >= 4 is 34.9 Å². The molecular formula is C38H33FN2O3. The maximum atomic E-state index is 15.3. The van der Waals surface area contributed by atoms with Crippen LogP contribution in [0.4, 0.5) is 15.8 Å². The van der Waals surface area contributed by atoms with Crippen LogP contribution in [0.25, 0.3) is 6.08 Å². The number of halogens is 1. The van der Waals surface area contributed by atoms with Gasteiger partial charge in [-0.3, -0.25) is 14.4 Å². The highest BCUT2D eigenvalue weighted by molar-refractivity contribution is 6.18. The number of rotatable bonds is 8. The van der Waals surface area contributed by atoms with Gasteiger partial charge in [-0.2, -0.15) is 0 Å². The molecule has 3 aliphatic heterocycles. The second-order valence-corrected chi connectivity index (χ2v) is 11.9. The maximum absolute atomic E-state index is 15.3. The number of unbranched alkanes of at least 4 members (excludes halogenated alkanes) is 2. The minimum Gasteiger partial charge on any atom is -0.352 e. The number of amides is 1. The quantitative estimate of drug-likeness (QED) is 0.173. The van der Waals surface area contributed by atoms with Crippen molar-refractivity contribution in [1.29, 1.82) is 0 Å². The zero-order valence-corrected chi connectivity index (χ0v) is 24.5. The number of Topliss-reactive ketones (excluding diaryl/α,β-unsaturated/α-hetero) is 2. The number of hydrogen-bond acceptors (Lipinski definition) is 4. The van der Waals surface area contributed by atoms with E-state index in [-0.39, 0.29) is 17.3 Å². The van der Waals surface area contributed by atoms with Gasteiger partial charge in [-0.1, -0.05) is 105 Å². The number of anilines is 2. The standard InChI is InChI=1S/C38H33FN2O3/c1-2-3-4-11-24-18-20-26(21-19-24)35(42)33-34(36(43)27-13-6-8-15-29(27)39)41-31-17-10-5-12-25(31)22-23-32(41)38(33)28-14-7-9-16-30(28)40-37(38)44/h5-10,12-23,32-34H,2-4,11H2,1H3,(H,40,44)/t32-,33-,34+,38+/m0/s1. The number of nitrogens with zero attached hydrogens (tertiary/aromatic N) is 1. The fraction of sp³-hybridized carbons (Fsp3) is 0.237. The van der Waals surface area contributed by atoms with Crippen molar-refractivity contribution in [2.75, 3.05) is 10.2 Å². The number of aryl methyl sites for hydroxylation is 1. The second-order valence-electron chi connectivity index (χ2n) is 11.9. The van der Waals surface area contributed by atoms with E-state index in [4.69, 9.17) is 0 Å². The van der Waals surface area contributed by atoms with Crippen molar-refractivity contribution in [3.05, 3.63) is 137 Å². The van der Waals surface area contributed by atoms with E-state index in [1.807, 2.05) is 89.8 Å². The predicted molar refractivity (Wildman–Crippen MR) is 171 cm³/mol. The van der Waals surface area contributed by atoms with Crippen LogP contribution in [0, 0.1) is 11.7 Å². The number of carbonyl (C=O) groups is 3. The van der Waals surface area contributed by atoms with Gasteiger partial charge in [-0.25, -0.2) is 4.39 Å². The number of fused-ring (bicyclic) bond motifs is 6. The molecule has 220 valence electrons. The van der Waals surface area contributed by atoms with Crippen LogP contribution in [0.2, 0.25) is 0 Å². The summed E-state index contributed by atoms with van der Waals surface area (Å²) < 4.78 is 15.3. The highest BCUT2D eigenvalue weighted by Crippen LogP contribution is 2.58. The van der Waals surface area contributed by atoms with Gasteiger partial charge in [0.05, 0.1) is 17.5 Å². The Kier molecular flexibility index (Phi) is 7.00. The van der Waals surface area contributed by atoms with Gasteiger partial charge in [0.15, 0.2) is 11.6 Å². The Morgan fingerprint density at radius 2 is 1.59 bits per heavy atom. The molecule has 7 rings (SSSR count). The van der Waals surface area contributed by atoms with Gasteiger partial charge in [-0.15, -0.1) is 0 Å². The first kappa shape index (κ1) is 28.0. The second kappa shape index (κ2) is 11.0. The molecule has 4 aromatic carbocycles. The van der Waals surface area contributed by atoms with E-state index in [2.05, 4.69) is 12.2 Å². The number of ketones is 2. The normalized spacial score (nSPS) is 22.8. The topological polar surface area (TPSA) is 66.5 Å². The summed E-state index contributed by atoms with van der Waals surface area (Å²) in [6.07, 6.45) is 8.11. The van der Waals surface area contributed by atoms with E-state index in [9.17, 15) is 14.4 Å². The Labute approximate surface area is 256 Å². The van der Waals surface area contributed by atoms with Gasteiger partial charge in [-0.05, 0) is 53.8 Å². The highest BCUT2D eigenvalue weighted by Gasteiger charge is 2.70. The van der Waals surface area contributed by atoms with Crippen molar-refractivity contribution < 1.29 is 18.8 Å². The Balaban J connectivity index is 1.45. The highest BCUT2D eigenvalue weighted by atomic mass is 19.1. The van der Waals surface area contributed by atoms with Crippen LogP contribution in [0.3, 0.4) is 0 Å². The van der Waals surface area contributed by atoms with Gasteiger partial charge in [0.2, 0.25) is 5.91 Å². The Bertz CT molecular complexity index is 1810. The molecule has 4 aromatic rings. The van der Waals surface area contributed by atoms with E-state index in [0.29, 0.717) is 16.8 Å². The molecule has 1 fully saturated rings. The summed E-state index contributed by atoms with van der Waals surface area (Å²) in [4.78, 5) is 45.9. The smallest absolute Gasteiger partial charge is 0.238 e. The van der Waals surface area contributed by atoms with Crippen molar-refractivity contribution in [2.24, 2.45) is 5.92 Å². The Morgan fingerprint density at radius 1 is 0.864 bits per heavy atom. The third kappa shape index (κ3) is 4.15. The first-order valence-corrected chi connectivity index (χ1v) is 15.3. The van der Waals surface area contributed by atoms with Gasteiger partial charge in [0.1, 0.15) is 17.3 Å². The lowest BCUT2D eigenvalue weighted by Crippen LogP contribution is -2.51. The molecule has 3 heterocycles. The van der Waals surface area contributed by atoms with E-state index in [1.165, 1.54) is 18.2 Å². The molecule has 5 nitrogen and oxygen atoms in total. The molecule has 1 spiro atoms. The molecule has 0 aliphatic carbocycles. The molecule has 44 heavy (non-hydrogen) atoms. The zero-order chi connectivity index (χ0) is 30.4. The van der Waals surface area contributed by atoms with Crippen LogP contribution in [0.5, 0.6) is 0 Å². The first-order valence-electron chi connectivity index (χ1n) is 15.3. The lowest BCUT2D eigenvalue weighted by atomic mass is 9.64. The van der Waals surface area contributed by atoms with Crippen LogP contribution in [-0.2, 0) is 16.6 Å². The number of carbonyl (C=O) groups excluding carboxylic acids is 3. The minimum absolute atomic E-state index is 0.101.